The second-order valence-corrected chi connectivity index (χ2v) is 3.91. The lowest BCUT2D eigenvalue weighted by molar-refractivity contribution is -0.117. The van der Waals surface area contributed by atoms with Gasteiger partial charge in [0.2, 0.25) is 6.29 Å². The molecule has 0 aliphatic heterocycles. The van der Waals surface area contributed by atoms with E-state index < -0.39 is 9.84 Å². The lowest BCUT2D eigenvalue weighted by Crippen LogP contribution is -2.35. The molecule has 1 unspecified atom stereocenters. The summed E-state index contributed by atoms with van der Waals surface area (Å²) >= 11 is 1.81. The van der Waals surface area contributed by atoms with Crippen molar-refractivity contribution in [3.63, 3.8) is 0 Å². The monoisotopic (exact) mass is 260 g/mol. The van der Waals surface area contributed by atoms with Gasteiger partial charge in [0.15, 0.2) is 3.55 Å². The fraction of sp³-hybridized carbons (Fsp3) is 1.00. The molecule has 7 heteroatoms. The topological polar surface area (TPSA) is 106 Å². The number of hydrogen-bond donors (Lipinski definition) is 3. The largest absolute Gasteiger partial charge is 0.364 e. The van der Waals surface area contributed by atoms with Gasteiger partial charge in [0.25, 0.3) is 0 Å². The van der Waals surface area contributed by atoms with Gasteiger partial charge in [0.1, 0.15) is 0 Å². The van der Waals surface area contributed by atoms with Crippen molar-refractivity contribution in [2.24, 2.45) is 22.1 Å². The van der Waals surface area contributed by atoms with Crippen molar-refractivity contribution in [3.05, 3.63) is 0 Å². The van der Waals surface area contributed by atoms with Gasteiger partial charge in [-0.25, -0.2) is 5.90 Å². The molecule has 60 valence electrons. The van der Waals surface area contributed by atoms with E-state index >= 15 is 0 Å². The Kier molecular flexibility index (Phi) is 4.01. The predicted molar refractivity (Wildman–Crippen MR) is 42.7 cm³/mol. The van der Waals surface area contributed by atoms with Crippen LogP contribution in [0.2, 0.25) is 0 Å². The Morgan fingerprint density at radius 3 is 2.60 bits per heavy atom. The van der Waals surface area contributed by atoms with Crippen LogP contribution in [0, 0.1) is 0 Å². The van der Waals surface area contributed by atoms with Crippen LogP contribution in [0.4, 0.5) is 0 Å². The van der Waals surface area contributed by atoms with Crippen LogP contribution in [-0.4, -0.2) is 14.9 Å². The lowest BCUT2D eigenvalue weighted by Gasteiger charge is -2.19. The van der Waals surface area contributed by atoms with Crippen LogP contribution >= 0.6 is 22.6 Å². The summed E-state index contributed by atoms with van der Waals surface area (Å²) < 4.78 is -0.929. The summed E-state index contributed by atoms with van der Waals surface area (Å²) in [4.78, 5) is 4.11. The SMILES string of the molecule is CC(I)(N=NN)[C@H](O)ON. The second kappa shape index (κ2) is 4.01. The van der Waals surface area contributed by atoms with Crippen LogP contribution in [0.1, 0.15) is 6.92 Å². The van der Waals surface area contributed by atoms with Gasteiger partial charge >= 0.3 is 0 Å². The molecule has 0 fully saturated rings. The van der Waals surface area contributed by atoms with E-state index in [4.69, 9.17) is 16.8 Å². The summed E-state index contributed by atoms with van der Waals surface area (Å²) in [5.41, 5.74) is 0. The van der Waals surface area contributed by atoms with Gasteiger partial charge in [-0.1, -0.05) is 5.22 Å². The van der Waals surface area contributed by atoms with Crippen LogP contribution in [0.3, 0.4) is 0 Å². The minimum absolute atomic E-state index is 0.929. The number of nitrogens with zero attached hydrogens (tertiary/aromatic N) is 2. The molecule has 0 aromatic carbocycles. The molecule has 6 nitrogen and oxygen atoms in total. The van der Waals surface area contributed by atoms with Crippen LogP contribution in [-0.2, 0) is 4.84 Å². The molecule has 0 amide bonds. The number of nitrogens with two attached hydrogens (primary N) is 2. The van der Waals surface area contributed by atoms with Gasteiger partial charge in [-0.15, -0.1) is 5.11 Å². The molecule has 0 aromatic rings. The van der Waals surface area contributed by atoms with Gasteiger partial charge in [-0.3, -0.25) is 4.84 Å². The smallest absolute Gasteiger partial charge is 0.210 e. The molecule has 0 rings (SSSR count). The van der Waals surface area contributed by atoms with Gasteiger partial charge < -0.3 is 10.9 Å². The molecule has 0 bridgehead atoms. The van der Waals surface area contributed by atoms with Crippen LogP contribution < -0.4 is 11.7 Å². The van der Waals surface area contributed by atoms with E-state index in [-0.39, 0.29) is 0 Å². The number of aliphatic hydroxyl groups excluding tert-OH is 1. The third-order valence-corrected chi connectivity index (χ3v) is 1.58. The van der Waals surface area contributed by atoms with Gasteiger partial charge in [0, 0.05) is 0 Å². The van der Waals surface area contributed by atoms with Crippen molar-refractivity contribution in [2.45, 2.75) is 16.8 Å². The van der Waals surface area contributed by atoms with Crippen molar-refractivity contribution in [1.29, 1.82) is 0 Å². The normalized spacial score (nSPS) is 20.8. The highest BCUT2D eigenvalue weighted by molar-refractivity contribution is 14.1. The molecule has 0 spiro atoms. The maximum absolute atomic E-state index is 8.95. The van der Waals surface area contributed by atoms with E-state index in [2.05, 4.69) is 15.2 Å². The zero-order valence-corrected chi connectivity index (χ0v) is 7.52. The molecule has 0 saturated heterocycles. The highest BCUT2D eigenvalue weighted by Crippen LogP contribution is 2.24. The average molecular weight is 260 g/mol. The van der Waals surface area contributed by atoms with Gasteiger partial charge in [-0.05, 0) is 29.5 Å². The second-order valence-electron chi connectivity index (χ2n) is 1.73. The number of aliphatic hydroxyl groups is 1. The molecule has 5 N–H and O–H groups in total. The molecule has 0 saturated carbocycles. The summed E-state index contributed by atoms with van der Waals surface area (Å²) in [5, 5.41) is 15.4. The van der Waals surface area contributed by atoms with Crippen LogP contribution in [0.5, 0.6) is 0 Å². The van der Waals surface area contributed by atoms with E-state index in [0.29, 0.717) is 0 Å². The molecule has 0 radical (unpaired) electrons. The van der Waals surface area contributed by atoms with Crippen molar-refractivity contribution in [1.82, 2.24) is 0 Å². The van der Waals surface area contributed by atoms with E-state index in [1.54, 1.807) is 29.5 Å². The molecule has 10 heavy (non-hydrogen) atoms. The Bertz CT molecular complexity index is 128. The van der Waals surface area contributed by atoms with Gasteiger partial charge in [0.05, 0.1) is 0 Å². The Labute approximate surface area is 71.7 Å². The predicted octanol–water partition coefficient (Wildman–Crippen LogP) is -0.328. The fourth-order valence-corrected chi connectivity index (χ4v) is 0.558. The Balaban J connectivity index is 4.09. The van der Waals surface area contributed by atoms with Crippen LogP contribution in [0.25, 0.3) is 0 Å². The number of hydrogen-bond acceptors (Lipinski definition) is 5. The molecule has 0 aromatic heterocycles. The fourth-order valence-electron chi connectivity index (χ4n) is 0.286. The minimum atomic E-state index is -1.21. The van der Waals surface area contributed by atoms with Crippen molar-refractivity contribution in [3.8, 4) is 0 Å². The highest BCUT2D eigenvalue weighted by Gasteiger charge is 2.30. The Morgan fingerprint density at radius 2 is 2.30 bits per heavy atom. The van der Waals surface area contributed by atoms with Crippen molar-refractivity contribution in [2.75, 3.05) is 0 Å². The van der Waals surface area contributed by atoms with Gasteiger partial charge in [-0.2, -0.15) is 0 Å². The number of rotatable bonds is 3. The zero-order valence-electron chi connectivity index (χ0n) is 5.36. The first-order chi connectivity index (χ1) is 4.54. The van der Waals surface area contributed by atoms with E-state index in [1.165, 1.54) is 0 Å². The third-order valence-electron chi connectivity index (χ3n) is 0.833. The standard InChI is InChI=1S/C3H9IN4O2/c1-3(4,7-8-5)2(9)10-6/h2,9H,6H2,1H3,(H2,5,7)/t2-,3?/m1/s1. The number of alkyl halides is 1. The number of halogens is 1. The summed E-state index contributed by atoms with van der Waals surface area (Å²) in [6, 6.07) is 0. The molecule has 0 aliphatic carbocycles. The Hall–Kier alpha value is 0.0100. The molecular weight excluding hydrogens is 251 g/mol. The summed E-state index contributed by atoms with van der Waals surface area (Å²) in [7, 11) is 0. The summed E-state index contributed by atoms with van der Waals surface area (Å²) in [5.74, 6) is 9.44. The highest BCUT2D eigenvalue weighted by atomic mass is 127. The van der Waals surface area contributed by atoms with E-state index in [1.807, 2.05) is 0 Å². The molecule has 2 atom stereocenters. The molecular formula is C3H9IN4O2. The van der Waals surface area contributed by atoms with E-state index in [9.17, 15) is 0 Å². The summed E-state index contributed by atoms with van der Waals surface area (Å²) in [6.45, 7) is 1.57. The average Bonchev–Trinajstić information content (AvgIpc) is 1.86. The third kappa shape index (κ3) is 2.73. The minimum Gasteiger partial charge on any atom is -0.364 e. The zero-order chi connectivity index (χ0) is 8.20. The quantitative estimate of drug-likeness (QED) is 0.123. The molecule has 0 heterocycles. The molecule has 0 aliphatic rings. The Morgan fingerprint density at radius 1 is 1.80 bits per heavy atom. The first-order valence-corrected chi connectivity index (χ1v) is 3.47. The van der Waals surface area contributed by atoms with Crippen LogP contribution in [0.15, 0.2) is 10.3 Å². The lowest BCUT2D eigenvalue weighted by atomic mass is 10.3. The first-order valence-electron chi connectivity index (χ1n) is 2.39. The van der Waals surface area contributed by atoms with Crippen molar-refractivity contribution < 1.29 is 9.94 Å². The maximum Gasteiger partial charge on any atom is 0.210 e. The first kappa shape index (κ1) is 10.0. The maximum atomic E-state index is 8.95. The van der Waals surface area contributed by atoms with E-state index in [0.717, 1.165) is 0 Å². The summed E-state index contributed by atoms with van der Waals surface area (Å²) in [6.07, 6.45) is -1.21. The van der Waals surface area contributed by atoms with Crippen molar-refractivity contribution >= 4 is 22.6 Å².